The van der Waals surface area contributed by atoms with Crippen molar-refractivity contribution in [1.29, 1.82) is 0 Å². The van der Waals surface area contributed by atoms with Crippen LogP contribution in [0, 0.1) is 0 Å². The topological polar surface area (TPSA) is 64.1 Å². The Bertz CT molecular complexity index is 776. The van der Waals surface area contributed by atoms with Gasteiger partial charge in [-0.1, -0.05) is 36.4 Å². The summed E-state index contributed by atoms with van der Waals surface area (Å²) in [6.07, 6.45) is 1.82. The number of pyridine rings is 1. The maximum absolute atomic E-state index is 12.0. The van der Waals surface area contributed by atoms with Crippen molar-refractivity contribution < 1.29 is 4.79 Å². The standard InChI is InChI=1S/C21H28N6O.HI/c1-25(2)20(28)17-24-21(23-16-18-8-4-3-5-9-18)27-14-12-26(13-15-27)19-10-6-7-11-22-19;/h3-11H,12-17H2,1-2H3,(H,23,24);1H. The summed E-state index contributed by atoms with van der Waals surface area (Å²) in [7, 11) is 3.52. The van der Waals surface area contributed by atoms with E-state index < -0.39 is 0 Å². The normalized spacial score (nSPS) is 14.2. The molecule has 0 radical (unpaired) electrons. The number of carbonyl (C=O) groups excluding carboxylic acids is 1. The third kappa shape index (κ3) is 6.88. The summed E-state index contributed by atoms with van der Waals surface area (Å²) < 4.78 is 0. The minimum atomic E-state index is 0. The van der Waals surface area contributed by atoms with E-state index >= 15 is 0 Å². The first-order valence-corrected chi connectivity index (χ1v) is 9.57. The molecule has 3 rings (SSSR count). The van der Waals surface area contributed by atoms with E-state index in [2.05, 4.69) is 32.2 Å². The van der Waals surface area contributed by atoms with E-state index in [-0.39, 0.29) is 36.4 Å². The summed E-state index contributed by atoms with van der Waals surface area (Å²) in [6, 6.07) is 16.1. The lowest BCUT2D eigenvalue weighted by Crippen LogP contribution is -2.53. The quantitative estimate of drug-likeness (QED) is 0.381. The van der Waals surface area contributed by atoms with Crippen LogP contribution >= 0.6 is 24.0 Å². The largest absolute Gasteiger partial charge is 0.353 e. The number of amides is 1. The first kappa shape index (κ1) is 22.9. The minimum absolute atomic E-state index is 0. The van der Waals surface area contributed by atoms with Crippen molar-refractivity contribution in [2.24, 2.45) is 4.99 Å². The number of aromatic nitrogens is 1. The number of nitrogens with zero attached hydrogens (tertiary/aromatic N) is 5. The molecule has 1 amide bonds. The van der Waals surface area contributed by atoms with Gasteiger partial charge >= 0.3 is 0 Å². The Hall–Kier alpha value is -2.36. The van der Waals surface area contributed by atoms with E-state index in [1.165, 1.54) is 0 Å². The van der Waals surface area contributed by atoms with Gasteiger partial charge < -0.3 is 20.0 Å². The van der Waals surface area contributed by atoms with Gasteiger partial charge in [0.2, 0.25) is 5.91 Å². The van der Waals surface area contributed by atoms with E-state index in [0.717, 1.165) is 43.5 Å². The van der Waals surface area contributed by atoms with Crippen LogP contribution in [0.2, 0.25) is 0 Å². The van der Waals surface area contributed by atoms with Crippen LogP contribution in [0.3, 0.4) is 0 Å². The molecule has 0 spiro atoms. The smallest absolute Gasteiger partial charge is 0.241 e. The van der Waals surface area contributed by atoms with Crippen LogP contribution < -0.4 is 10.2 Å². The van der Waals surface area contributed by atoms with Gasteiger partial charge in [0.05, 0.1) is 13.1 Å². The summed E-state index contributed by atoms with van der Waals surface area (Å²) in [6.45, 7) is 4.21. The summed E-state index contributed by atoms with van der Waals surface area (Å²) in [5.74, 6) is 1.81. The van der Waals surface area contributed by atoms with E-state index in [1.807, 2.05) is 42.6 Å². The molecule has 1 saturated heterocycles. The van der Waals surface area contributed by atoms with Gasteiger partial charge in [-0.3, -0.25) is 4.79 Å². The number of carbonyl (C=O) groups is 1. The van der Waals surface area contributed by atoms with Gasteiger partial charge in [0.15, 0.2) is 5.96 Å². The predicted molar refractivity (Wildman–Crippen MR) is 128 cm³/mol. The van der Waals surface area contributed by atoms with Gasteiger partial charge in [0, 0.05) is 46.5 Å². The van der Waals surface area contributed by atoms with Gasteiger partial charge in [-0.25, -0.2) is 9.98 Å². The molecule has 0 unspecified atom stereocenters. The zero-order chi connectivity index (χ0) is 19.8. The van der Waals surface area contributed by atoms with Crippen LogP contribution in [-0.4, -0.2) is 73.5 Å². The van der Waals surface area contributed by atoms with Gasteiger partial charge in [0.1, 0.15) is 5.82 Å². The van der Waals surface area contributed by atoms with E-state index in [9.17, 15) is 4.79 Å². The number of nitrogens with one attached hydrogen (secondary N) is 1. The number of hydrogen-bond donors (Lipinski definition) is 1. The third-order valence-corrected chi connectivity index (χ3v) is 4.70. The number of likely N-dealkylation sites (N-methyl/N-ethyl adjacent to an activating group) is 1. The number of benzene rings is 1. The predicted octanol–water partition coefficient (Wildman–Crippen LogP) is 2.06. The molecule has 29 heavy (non-hydrogen) atoms. The van der Waals surface area contributed by atoms with Crippen LogP contribution in [0.1, 0.15) is 5.56 Å². The highest BCUT2D eigenvalue weighted by Gasteiger charge is 2.21. The second-order valence-corrected chi connectivity index (χ2v) is 6.93. The Balaban J connectivity index is 0.00000300. The molecule has 1 N–H and O–H groups in total. The van der Waals surface area contributed by atoms with Crippen molar-refractivity contribution in [1.82, 2.24) is 20.1 Å². The molecule has 1 fully saturated rings. The third-order valence-electron chi connectivity index (χ3n) is 4.70. The first-order chi connectivity index (χ1) is 13.6. The number of hydrogen-bond acceptors (Lipinski definition) is 4. The lowest BCUT2D eigenvalue weighted by atomic mass is 10.2. The van der Waals surface area contributed by atoms with Crippen molar-refractivity contribution in [3.8, 4) is 0 Å². The molecule has 0 bridgehead atoms. The van der Waals surface area contributed by atoms with Crippen molar-refractivity contribution in [2.45, 2.75) is 6.54 Å². The number of anilines is 1. The number of guanidine groups is 1. The van der Waals surface area contributed by atoms with Crippen molar-refractivity contribution in [3.05, 3.63) is 60.3 Å². The first-order valence-electron chi connectivity index (χ1n) is 9.57. The molecule has 7 nitrogen and oxygen atoms in total. The monoisotopic (exact) mass is 508 g/mol. The Morgan fingerprint density at radius 1 is 1.07 bits per heavy atom. The number of rotatable bonds is 5. The molecule has 2 heterocycles. The summed E-state index contributed by atoms with van der Waals surface area (Å²) in [5, 5.41) is 3.25. The Morgan fingerprint density at radius 2 is 1.76 bits per heavy atom. The Labute approximate surface area is 189 Å². The Kier molecular flexibility index (Phi) is 9.17. The SMILES string of the molecule is CN(C)C(=O)CNC(=NCc1ccccc1)N1CCN(c2ccccn2)CC1.I. The van der Waals surface area contributed by atoms with Gasteiger partial charge in [-0.05, 0) is 17.7 Å². The highest BCUT2D eigenvalue weighted by Crippen LogP contribution is 2.13. The fourth-order valence-electron chi connectivity index (χ4n) is 3.02. The summed E-state index contributed by atoms with van der Waals surface area (Å²) in [4.78, 5) is 27.3. The Morgan fingerprint density at radius 3 is 2.38 bits per heavy atom. The minimum Gasteiger partial charge on any atom is -0.353 e. The maximum atomic E-state index is 12.0. The number of halogens is 1. The zero-order valence-corrected chi connectivity index (χ0v) is 19.3. The van der Waals surface area contributed by atoms with Crippen LogP contribution in [-0.2, 0) is 11.3 Å². The van der Waals surface area contributed by atoms with Crippen LogP contribution in [0.4, 0.5) is 5.82 Å². The number of piperazine rings is 1. The van der Waals surface area contributed by atoms with Gasteiger partial charge in [-0.15, -0.1) is 24.0 Å². The molecule has 0 aliphatic carbocycles. The van der Waals surface area contributed by atoms with E-state index in [4.69, 9.17) is 4.99 Å². The van der Waals surface area contributed by atoms with Gasteiger partial charge in [0.25, 0.3) is 0 Å². The van der Waals surface area contributed by atoms with E-state index in [1.54, 1.807) is 19.0 Å². The molecule has 0 saturated carbocycles. The average Bonchev–Trinajstić information content (AvgIpc) is 2.75. The fraction of sp³-hybridized carbons (Fsp3) is 0.381. The maximum Gasteiger partial charge on any atom is 0.241 e. The second kappa shape index (κ2) is 11.6. The average molecular weight is 508 g/mol. The van der Waals surface area contributed by atoms with Crippen molar-refractivity contribution in [2.75, 3.05) is 51.7 Å². The molecular formula is C21H29IN6O. The van der Waals surface area contributed by atoms with Crippen LogP contribution in [0.5, 0.6) is 0 Å². The van der Waals surface area contributed by atoms with E-state index in [0.29, 0.717) is 6.54 Å². The number of aliphatic imine (C=N–C) groups is 1. The van der Waals surface area contributed by atoms with Crippen molar-refractivity contribution >= 4 is 41.7 Å². The highest BCUT2D eigenvalue weighted by atomic mass is 127. The molecule has 2 aromatic rings. The second-order valence-electron chi connectivity index (χ2n) is 6.93. The summed E-state index contributed by atoms with van der Waals surface area (Å²) in [5.41, 5.74) is 1.15. The fourth-order valence-corrected chi connectivity index (χ4v) is 3.02. The van der Waals surface area contributed by atoms with Crippen LogP contribution in [0.25, 0.3) is 0 Å². The highest BCUT2D eigenvalue weighted by molar-refractivity contribution is 14.0. The lowest BCUT2D eigenvalue weighted by Gasteiger charge is -2.37. The summed E-state index contributed by atoms with van der Waals surface area (Å²) >= 11 is 0. The molecule has 0 atom stereocenters. The molecule has 1 aromatic carbocycles. The van der Waals surface area contributed by atoms with Crippen LogP contribution in [0.15, 0.2) is 59.7 Å². The van der Waals surface area contributed by atoms with Gasteiger partial charge in [-0.2, -0.15) is 0 Å². The van der Waals surface area contributed by atoms with Crippen molar-refractivity contribution in [3.63, 3.8) is 0 Å². The molecule has 8 heteroatoms. The zero-order valence-electron chi connectivity index (χ0n) is 17.0. The molecule has 156 valence electrons. The molecule has 1 aliphatic heterocycles. The molecule has 1 aliphatic rings. The molecular weight excluding hydrogens is 479 g/mol. The lowest BCUT2D eigenvalue weighted by molar-refractivity contribution is -0.127. The molecule has 1 aromatic heterocycles.